The minimum Gasteiger partial charge on any atom is -0.462 e. The van der Waals surface area contributed by atoms with Crippen LogP contribution in [0.3, 0.4) is 0 Å². The van der Waals surface area contributed by atoms with Gasteiger partial charge in [0.05, 0.1) is 6.61 Å². The van der Waals surface area contributed by atoms with Gasteiger partial charge in [-0.15, -0.1) is 0 Å². The Labute approximate surface area is 398 Å². The molecule has 0 saturated carbocycles. The summed E-state index contributed by atoms with van der Waals surface area (Å²) >= 11 is 0. The molecule has 0 amide bonds. The molecule has 64 heavy (non-hydrogen) atoms. The average molecular weight is 895 g/mol. The van der Waals surface area contributed by atoms with Crippen molar-refractivity contribution in [1.82, 2.24) is 0 Å². The summed E-state index contributed by atoms with van der Waals surface area (Å²) in [4.78, 5) is 25.5. The van der Waals surface area contributed by atoms with E-state index in [0.29, 0.717) is 19.4 Å². The summed E-state index contributed by atoms with van der Waals surface area (Å²) in [6.45, 7) is 7.71. The lowest BCUT2D eigenvalue weighted by atomic mass is 10.1. The standard InChI is InChI=1S/C59H106O5/c1-4-7-10-13-16-19-22-25-27-29-31-33-36-39-42-45-48-51-54-62-55-57(64-59(61)53-50-47-44-41-38-34-24-21-18-15-12-9-6-3)56-63-58(60)52-49-46-43-40-37-35-32-30-28-26-23-20-17-14-11-8-5-2/h8,11,17,20-21,24-28,57H,4-7,9-10,12-16,18-19,22-23,29-56H2,1-3H3/b11-8-,20-17-,24-21-,27-25-,28-26-. The Balaban J connectivity index is 4.26. The van der Waals surface area contributed by atoms with Crippen LogP contribution in [0.5, 0.6) is 0 Å². The van der Waals surface area contributed by atoms with Crippen LogP contribution in [0.15, 0.2) is 60.8 Å². The lowest BCUT2D eigenvalue weighted by Crippen LogP contribution is -2.30. The summed E-state index contributed by atoms with van der Waals surface area (Å²) < 4.78 is 17.4. The van der Waals surface area contributed by atoms with Crippen molar-refractivity contribution in [2.45, 2.75) is 284 Å². The van der Waals surface area contributed by atoms with Gasteiger partial charge in [0.2, 0.25) is 0 Å². The average Bonchev–Trinajstić information content (AvgIpc) is 3.30. The molecule has 372 valence electrons. The molecule has 0 heterocycles. The predicted octanol–water partition coefficient (Wildman–Crippen LogP) is 18.9. The molecule has 0 aromatic rings. The van der Waals surface area contributed by atoms with Gasteiger partial charge in [-0.2, -0.15) is 0 Å². The van der Waals surface area contributed by atoms with Gasteiger partial charge in [-0.3, -0.25) is 9.59 Å². The molecule has 5 heteroatoms. The Kier molecular flexibility index (Phi) is 52.9. The van der Waals surface area contributed by atoms with Crippen LogP contribution in [0.4, 0.5) is 0 Å². The molecule has 1 unspecified atom stereocenters. The second kappa shape index (κ2) is 54.9. The molecule has 0 saturated heterocycles. The number of carbonyl (C=O) groups excluding carboxylic acids is 2. The van der Waals surface area contributed by atoms with Gasteiger partial charge in [-0.1, -0.05) is 223 Å². The van der Waals surface area contributed by atoms with E-state index in [1.165, 1.54) is 161 Å². The number of hydrogen-bond donors (Lipinski definition) is 0. The zero-order valence-electron chi connectivity index (χ0n) is 42.8. The lowest BCUT2D eigenvalue weighted by molar-refractivity contribution is -0.163. The summed E-state index contributed by atoms with van der Waals surface area (Å²) in [5.41, 5.74) is 0. The van der Waals surface area contributed by atoms with Gasteiger partial charge < -0.3 is 14.2 Å². The third kappa shape index (κ3) is 52.2. The second-order valence-corrected chi connectivity index (χ2v) is 18.4. The summed E-state index contributed by atoms with van der Waals surface area (Å²) in [5.74, 6) is -0.412. The third-order valence-electron chi connectivity index (χ3n) is 12.0. The fourth-order valence-electron chi connectivity index (χ4n) is 7.87. The number of unbranched alkanes of at least 4 members (excludes halogenated alkanes) is 30. The van der Waals surface area contributed by atoms with Crippen LogP contribution in [-0.2, 0) is 23.8 Å². The molecule has 1 atom stereocenters. The van der Waals surface area contributed by atoms with Crippen LogP contribution in [0.2, 0.25) is 0 Å². The van der Waals surface area contributed by atoms with Crippen LogP contribution in [-0.4, -0.2) is 37.9 Å². The first-order chi connectivity index (χ1) is 31.6. The van der Waals surface area contributed by atoms with E-state index in [0.717, 1.165) is 83.5 Å². The molecule has 0 rings (SSSR count). The molecule has 0 aliphatic heterocycles. The van der Waals surface area contributed by atoms with E-state index in [1.54, 1.807) is 0 Å². The second-order valence-electron chi connectivity index (χ2n) is 18.4. The molecular weight excluding hydrogens is 789 g/mol. The molecule has 0 aromatic carbocycles. The molecule has 0 N–H and O–H groups in total. The van der Waals surface area contributed by atoms with Crippen molar-refractivity contribution in [3.63, 3.8) is 0 Å². The number of allylic oxidation sites excluding steroid dienone is 10. The number of carbonyl (C=O) groups is 2. The summed E-state index contributed by atoms with van der Waals surface area (Å²) in [6, 6.07) is 0. The smallest absolute Gasteiger partial charge is 0.306 e. The van der Waals surface area contributed by atoms with Crippen molar-refractivity contribution < 1.29 is 23.8 Å². The van der Waals surface area contributed by atoms with E-state index in [9.17, 15) is 9.59 Å². The maximum Gasteiger partial charge on any atom is 0.306 e. The first kappa shape index (κ1) is 61.6. The van der Waals surface area contributed by atoms with Crippen LogP contribution < -0.4 is 0 Å². The Hall–Kier alpha value is -2.40. The monoisotopic (exact) mass is 895 g/mol. The molecule has 0 fully saturated rings. The minimum atomic E-state index is -0.546. The molecule has 0 aliphatic carbocycles. The predicted molar refractivity (Wildman–Crippen MR) is 279 cm³/mol. The van der Waals surface area contributed by atoms with Crippen LogP contribution in [0, 0.1) is 0 Å². The van der Waals surface area contributed by atoms with Crippen LogP contribution in [0.25, 0.3) is 0 Å². The molecule has 0 aliphatic rings. The maximum atomic E-state index is 12.8. The number of esters is 2. The molecule has 0 bridgehead atoms. The van der Waals surface area contributed by atoms with E-state index in [-0.39, 0.29) is 25.2 Å². The van der Waals surface area contributed by atoms with Gasteiger partial charge >= 0.3 is 11.9 Å². The zero-order valence-corrected chi connectivity index (χ0v) is 42.8. The molecule has 0 aromatic heterocycles. The van der Waals surface area contributed by atoms with Crippen molar-refractivity contribution >= 4 is 11.9 Å². The summed E-state index contributed by atoms with van der Waals surface area (Å²) in [5, 5.41) is 0. The SMILES string of the molecule is CC/C=C\C/C=C\C/C=C\CCCCCCCCCC(=O)OCC(COCCCCCCCCCC/C=C\CCCCCCCC)OC(=O)CCCCCCC/C=C\CCCCCC. The Morgan fingerprint density at radius 3 is 1.16 bits per heavy atom. The number of hydrogen-bond acceptors (Lipinski definition) is 5. The normalized spacial score (nSPS) is 12.6. The number of rotatable bonds is 51. The highest BCUT2D eigenvalue weighted by Crippen LogP contribution is 2.15. The first-order valence-corrected chi connectivity index (χ1v) is 27.8. The van der Waals surface area contributed by atoms with E-state index >= 15 is 0 Å². The largest absolute Gasteiger partial charge is 0.462 e. The van der Waals surface area contributed by atoms with Crippen molar-refractivity contribution in [3.05, 3.63) is 60.8 Å². The highest BCUT2D eigenvalue weighted by atomic mass is 16.6. The van der Waals surface area contributed by atoms with Gasteiger partial charge in [-0.05, 0) is 103 Å². The van der Waals surface area contributed by atoms with Crippen LogP contribution in [0.1, 0.15) is 278 Å². The first-order valence-electron chi connectivity index (χ1n) is 27.8. The minimum absolute atomic E-state index is 0.0760. The maximum absolute atomic E-state index is 12.8. The fourth-order valence-corrected chi connectivity index (χ4v) is 7.87. The van der Waals surface area contributed by atoms with E-state index < -0.39 is 6.10 Å². The van der Waals surface area contributed by atoms with Crippen molar-refractivity contribution in [2.24, 2.45) is 0 Å². The summed E-state index contributed by atoms with van der Waals surface area (Å²) in [7, 11) is 0. The quantitative estimate of drug-likeness (QED) is 0.0346. The van der Waals surface area contributed by atoms with Crippen LogP contribution >= 0.6 is 0 Å². The summed E-state index contributed by atoms with van der Waals surface area (Å²) in [6.07, 6.45) is 69.5. The van der Waals surface area contributed by atoms with Crippen molar-refractivity contribution in [2.75, 3.05) is 19.8 Å². The molecule has 0 spiro atoms. The van der Waals surface area contributed by atoms with Gasteiger partial charge in [0.15, 0.2) is 6.10 Å². The zero-order chi connectivity index (χ0) is 46.3. The molecule has 5 nitrogen and oxygen atoms in total. The fraction of sp³-hybridized carbons (Fsp3) is 0.797. The Bertz CT molecular complexity index is 1100. The lowest BCUT2D eigenvalue weighted by Gasteiger charge is -2.18. The Morgan fingerprint density at radius 1 is 0.359 bits per heavy atom. The van der Waals surface area contributed by atoms with E-state index in [2.05, 4.69) is 81.5 Å². The van der Waals surface area contributed by atoms with Gasteiger partial charge in [-0.25, -0.2) is 0 Å². The van der Waals surface area contributed by atoms with E-state index in [1.807, 2.05) is 0 Å². The van der Waals surface area contributed by atoms with Gasteiger partial charge in [0.1, 0.15) is 6.61 Å². The van der Waals surface area contributed by atoms with Crippen molar-refractivity contribution in [1.29, 1.82) is 0 Å². The topological polar surface area (TPSA) is 61.8 Å². The van der Waals surface area contributed by atoms with E-state index in [4.69, 9.17) is 14.2 Å². The highest BCUT2D eigenvalue weighted by molar-refractivity contribution is 5.70. The molecule has 0 radical (unpaired) electrons. The van der Waals surface area contributed by atoms with Gasteiger partial charge in [0, 0.05) is 19.4 Å². The number of ether oxygens (including phenoxy) is 3. The van der Waals surface area contributed by atoms with Gasteiger partial charge in [0.25, 0.3) is 0 Å². The van der Waals surface area contributed by atoms with Crippen molar-refractivity contribution in [3.8, 4) is 0 Å². The third-order valence-corrected chi connectivity index (χ3v) is 12.0. The Morgan fingerprint density at radius 2 is 0.703 bits per heavy atom. The highest BCUT2D eigenvalue weighted by Gasteiger charge is 2.17. The molecular formula is C59H106O5.